The zero-order valence-electron chi connectivity index (χ0n) is 12.3. The third-order valence-corrected chi connectivity index (χ3v) is 2.36. The van der Waals surface area contributed by atoms with E-state index in [1.54, 1.807) is 19.2 Å². The number of hydrogen-bond donors (Lipinski definition) is 3. The van der Waals surface area contributed by atoms with Crippen molar-refractivity contribution in [3.05, 3.63) is 24.2 Å². The van der Waals surface area contributed by atoms with Gasteiger partial charge in [0.05, 0.1) is 19.4 Å². The first-order chi connectivity index (χ1) is 9.77. The number of carbonyl (C=O) groups is 1. The summed E-state index contributed by atoms with van der Waals surface area (Å²) in [7, 11) is 1.64. The molecule has 120 valence electrons. The van der Waals surface area contributed by atoms with Crippen LogP contribution in [0.3, 0.4) is 0 Å². The summed E-state index contributed by atoms with van der Waals surface area (Å²) in [6, 6.07) is 3.30. The van der Waals surface area contributed by atoms with Gasteiger partial charge >= 0.3 is 0 Å². The number of nitrogens with one attached hydrogen (secondary N) is 3. The largest absolute Gasteiger partial charge is 0.459 e. The molecule has 1 rings (SSSR count). The van der Waals surface area contributed by atoms with Gasteiger partial charge in [-0.2, -0.15) is 0 Å². The zero-order chi connectivity index (χ0) is 14.6. The molecule has 0 radical (unpaired) electrons. The maximum absolute atomic E-state index is 11.6. The number of furan rings is 1. The van der Waals surface area contributed by atoms with E-state index in [1.165, 1.54) is 6.26 Å². The Morgan fingerprint density at radius 3 is 2.71 bits per heavy atom. The summed E-state index contributed by atoms with van der Waals surface area (Å²) >= 11 is 0. The van der Waals surface area contributed by atoms with Gasteiger partial charge in [-0.3, -0.25) is 9.79 Å². The molecule has 1 aromatic rings. The first-order valence-corrected chi connectivity index (χ1v) is 6.60. The molecule has 0 fully saturated rings. The molecule has 0 spiro atoms. The molecule has 0 aliphatic heterocycles. The Morgan fingerprint density at radius 1 is 1.33 bits per heavy atom. The fourth-order valence-electron chi connectivity index (χ4n) is 1.44. The average Bonchev–Trinajstić information content (AvgIpc) is 2.97. The van der Waals surface area contributed by atoms with Crippen molar-refractivity contribution in [3.8, 4) is 0 Å². The van der Waals surface area contributed by atoms with E-state index in [4.69, 9.17) is 9.15 Å². The third kappa shape index (κ3) is 8.56. The predicted octanol–water partition coefficient (Wildman–Crippen LogP) is 0.829. The van der Waals surface area contributed by atoms with Gasteiger partial charge in [0.1, 0.15) is 0 Å². The molecule has 0 unspecified atom stereocenters. The molecular weight excluding hydrogens is 387 g/mol. The first kappa shape index (κ1) is 19.7. The van der Waals surface area contributed by atoms with Crippen molar-refractivity contribution in [1.82, 2.24) is 16.0 Å². The van der Waals surface area contributed by atoms with E-state index >= 15 is 0 Å². The van der Waals surface area contributed by atoms with E-state index in [0.717, 1.165) is 6.54 Å². The number of aliphatic imine (C=N–C) groups is 1. The van der Waals surface area contributed by atoms with E-state index in [0.29, 0.717) is 38.0 Å². The van der Waals surface area contributed by atoms with Gasteiger partial charge in [-0.25, -0.2) is 0 Å². The fraction of sp³-hybridized carbons (Fsp3) is 0.538. The van der Waals surface area contributed by atoms with Gasteiger partial charge in [-0.1, -0.05) is 0 Å². The molecule has 7 nitrogen and oxygen atoms in total. The second-order valence-electron chi connectivity index (χ2n) is 3.91. The number of hydrogen-bond acceptors (Lipinski definition) is 4. The highest BCUT2D eigenvalue weighted by Gasteiger charge is 2.06. The van der Waals surface area contributed by atoms with Crippen LogP contribution in [0, 0.1) is 0 Å². The predicted molar refractivity (Wildman–Crippen MR) is 92.3 cm³/mol. The van der Waals surface area contributed by atoms with Crippen LogP contribution in [0.25, 0.3) is 0 Å². The van der Waals surface area contributed by atoms with Crippen LogP contribution in [-0.2, 0) is 4.74 Å². The molecule has 1 amide bonds. The second kappa shape index (κ2) is 12.5. The Kier molecular flexibility index (Phi) is 11.7. The number of carbonyl (C=O) groups excluding carboxylic acids is 1. The lowest BCUT2D eigenvalue weighted by atomic mass is 10.4. The minimum atomic E-state index is -0.224. The van der Waals surface area contributed by atoms with Gasteiger partial charge in [0.15, 0.2) is 11.7 Å². The number of ether oxygens (including phenoxy) is 1. The summed E-state index contributed by atoms with van der Waals surface area (Å²) in [5.41, 5.74) is 0. The van der Waals surface area contributed by atoms with Gasteiger partial charge in [0, 0.05) is 26.7 Å². The maximum Gasteiger partial charge on any atom is 0.287 e. The second-order valence-corrected chi connectivity index (χ2v) is 3.91. The Hall–Kier alpha value is -1.29. The molecular formula is C13H23IN4O3. The van der Waals surface area contributed by atoms with Crippen molar-refractivity contribution in [2.24, 2.45) is 4.99 Å². The quantitative estimate of drug-likeness (QED) is 0.256. The number of nitrogens with zero attached hydrogens (tertiary/aromatic N) is 1. The standard InChI is InChI=1S/C13H22N4O3.HI/c1-3-14-13(17-8-10-19-2)16-7-6-15-12(18)11-5-4-9-20-11;/h4-5,9H,3,6-8,10H2,1-2H3,(H,15,18)(H2,14,16,17);1H. The molecule has 8 heteroatoms. The summed E-state index contributed by atoms with van der Waals surface area (Å²) in [4.78, 5) is 15.9. The van der Waals surface area contributed by atoms with Crippen molar-refractivity contribution < 1.29 is 13.9 Å². The van der Waals surface area contributed by atoms with Crippen molar-refractivity contribution in [2.45, 2.75) is 6.92 Å². The maximum atomic E-state index is 11.6. The lowest BCUT2D eigenvalue weighted by molar-refractivity contribution is 0.0926. The number of rotatable bonds is 8. The number of halogens is 1. The van der Waals surface area contributed by atoms with Crippen molar-refractivity contribution in [3.63, 3.8) is 0 Å². The number of methoxy groups -OCH3 is 1. The minimum Gasteiger partial charge on any atom is -0.459 e. The fourth-order valence-corrected chi connectivity index (χ4v) is 1.44. The van der Waals surface area contributed by atoms with E-state index in [1.807, 2.05) is 6.92 Å². The third-order valence-electron chi connectivity index (χ3n) is 2.36. The van der Waals surface area contributed by atoms with Gasteiger partial charge in [0.25, 0.3) is 5.91 Å². The highest BCUT2D eigenvalue weighted by Crippen LogP contribution is 1.98. The van der Waals surface area contributed by atoms with Crippen LogP contribution >= 0.6 is 24.0 Å². The van der Waals surface area contributed by atoms with E-state index in [-0.39, 0.29) is 29.9 Å². The van der Waals surface area contributed by atoms with Gasteiger partial charge < -0.3 is 25.1 Å². The normalized spacial score (nSPS) is 10.7. The first-order valence-electron chi connectivity index (χ1n) is 6.60. The lowest BCUT2D eigenvalue weighted by Crippen LogP contribution is -2.41. The Labute approximate surface area is 141 Å². The smallest absolute Gasteiger partial charge is 0.287 e. The molecule has 0 saturated carbocycles. The van der Waals surface area contributed by atoms with Crippen LogP contribution in [0.1, 0.15) is 17.5 Å². The Morgan fingerprint density at radius 2 is 2.10 bits per heavy atom. The number of guanidine groups is 1. The van der Waals surface area contributed by atoms with E-state index in [2.05, 4.69) is 20.9 Å². The van der Waals surface area contributed by atoms with Crippen LogP contribution in [0.15, 0.2) is 27.8 Å². The molecule has 0 aliphatic rings. The number of amides is 1. The van der Waals surface area contributed by atoms with E-state index in [9.17, 15) is 4.79 Å². The van der Waals surface area contributed by atoms with Crippen molar-refractivity contribution >= 4 is 35.8 Å². The van der Waals surface area contributed by atoms with Crippen LogP contribution in [0.5, 0.6) is 0 Å². The summed E-state index contributed by atoms with van der Waals surface area (Å²) in [5.74, 6) is 0.792. The summed E-state index contributed by atoms with van der Waals surface area (Å²) < 4.78 is 9.93. The molecule has 0 bridgehead atoms. The minimum absolute atomic E-state index is 0. The highest BCUT2D eigenvalue weighted by atomic mass is 127. The zero-order valence-corrected chi connectivity index (χ0v) is 14.7. The molecule has 0 atom stereocenters. The SMILES string of the molecule is CCNC(=NCCOC)NCCNC(=O)c1ccco1.I. The molecule has 1 heterocycles. The summed E-state index contributed by atoms with van der Waals surface area (Å²) in [6.45, 7) is 4.99. The monoisotopic (exact) mass is 410 g/mol. The molecule has 0 aromatic carbocycles. The summed E-state index contributed by atoms with van der Waals surface area (Å²) in [6.07, 6.45) is 1.47. The van der Waals surface area contributed by atoms with Gasteiger partial charge in [-0.15, -0.1) is 24.0 Å². The van der Waals surface area contributed by atoms with E-state index < -0.39 is 0 Å². The molecule has 3 N–H and O–H groups in total. The van der Waals surface area contributed by atoms with Crippen LogP contribution in [0.2, 0.25) is 0 Å². The van der Waals surface area contributed by atoms with Crippen LogP contribution < -0.4 is 16.0 Å². The van der Waals surface area contributed by atoms with Gasteiger partial charge in [0.2, 0.25) is 0 Å². The lowest BCUT2D eigenvalue weighted by Gasteiger charge is -2.11. The van der Waals surface area contributed by atoms with Gasteiger partial charge in [-0.05, 0) is 19.1 Å². The molecule has 0 saturated heterocycles. The highest BCUT2D eigenvalue weighted by molar-refractivity contribution is 14.0. The Bertz CT molecular complexity index is 410. The molecule has 1 aromatic heterocycles. The molecule has 0 aliphatic carbocycles. The Balaban J connectivity index is 0.00000400. The van der Waals surface area contributed by atoms with Crippen molar-refractivity contribution in [1.29, 1.82) is 0 Å². The van der Waals surface area contributed by atoms with Crippen LogP contribution in [0.4, 0.5) is 0 Å². The van der Waals surface area contributed by atoms with Crippen LogP contribution in [-0.4, -0.2) is 51.8 Å². The topological polar surface area (TPSA) is 87.9 Å². The molecule has 21 heavy (non-hydrogen) atoms. The average molecular weight is 410 g/mol. The summed E-state index contributed by atoms with van der Waals surface area (Å²) in [5, 5.41) is 8.97. The van der Waals surface area contributed by atoms with Crippen molar-refractivity contribution in [2.75, 3.05) is 39.9 Å².